The minimum absolute atomic E-state index is 0.00714. The number of nitrogens with one attached hydrogen (secondary N) is 1. The zero-order chi connectivity index (χ0) is 36.8. The fourth-order valence-electron chi connectivity index (χ4n) is 5.14. The Morgan fingerprint density at radius 1 is 0.904 bits per heavy atom. The van der Waals surface area contributed by atoms with Crippen molar-refractivity contribution in [3.63, 3.8) is 0 Å². The van der Waals surface area contributed by atoms with Gasteiger partial charge in [0.05, 0.1) is 17.3 Å². The number of carbonyl (C=O) groups excluding carboxylic acids is 2. The Morgan fingerprint density at radius 2 is 1.56 bits per heavy atom. The molecule has 1 aliphatic heterocycles. The normalized spacial score (nSPS) is 14.2. The van der Waals surface area contributed by atoms with Crippen molar-refractivity contribution in [1.29, 1.82) is 0 Å². The van der Waals surface area contributed by atoms with Gasteiger partial charge in [-0.25, -0.2) is 23.3 Å². The summed E-state index contributed by atoms with van der Waals surface area (Å²) in [5.41, 5.74) is 1.46. The number of benzene rings is 4. The van der Waals surface area contributed by atoms with E-state index in [1.165, 1.54) is 36.5 Å². The van der Waals surface area contributed by atoms with Crippen LogP contribution in [0.4, 0.5) is 20.3 Å². The summed E-state index contributed by atoms with van der Waals surface area (Å²) in [5.74, 6) is -4.55. The summed E-state index contributed by atoms with van der Waals surface area (Å²) in [6.45, 7) is -0.885. The van der Waals surface area contributed by atoms with Gasteiger partial charge in [-0.2, -0.15) is 0 Å². The highest BCUT2D eigenvalue weighted by Crippen LogP contribution is 2.39. The smallest absolute Gasteiger partial charge is 0.453 e. The van der Waals surface area contributed by atoms with Crippen molar-refractivity contribution in [2.45, 2.75) is 5.92 Å². The van der Waals surface area contributed by atoms with Crippen LogP contribution in [0.25, 0.3) is 0 Å². The number of rotatable bonds is 11. The Hall–Kier alpha value is -5.69. The van der Waals surface area contributed by atoms with Crippen molar-refractivity contribution in [3.8, 4) is 11.5 Å². The summed E-state index contributed by atoms with van der Waals surface area (Å²) in [7, 11) is -5.01. The van der Waals surface area contributed by atoms with E-state index < -0.39 is 49.2 Å². The topological polar surface area (TPSA) is 160 Å². The van der Waals surface area contributed by atoms with Gasteiger partial charge in [-0.05, 0) is 29.8 Å². The molecule has 11 nitrogen and oxygen atoms in total. The molecule has 0 radical (unpaired) electrons. The highest BCUT2D eigenvalue weighted by molar-refractivity contribution is 7.46. The number of phosphoric ester groups is 1. The van der Waals surface area contributed by atoms with Crippen LogP contribution in [0.5, 0.6) is 11.5 Å². The Bertz CT molecular complexity index is 2240. The lowest BCUT2D eigenvalue weighted by Gasteiger charge is -2.21. The average Bonchev–Trinajstić information content (AvgIpc) is 3.13. The van der Waals surface area contributed by atoms with Crippen LogP contribution < -0.4 is 10.1 Å². The van der Waals surface area contributed by atoms with E-state index in [1.54, 1.807) is 0 Å². The van der Waals surface area contributed by atoms with Gasteiger partial charge < -0.3 is 19.8 Å². The molecule has 5 aromatic rings. The second-order valence-electron chi connectivity index (χ2n) is 11.1. The van der Waals surface area contributed by atoms with Gasteiger partial charge >= 0.3 is 7.82 Å². The molecule has 52 heavy (non-hydrogen) atoms. The van der Waals surface area contributed by atoms with E-state index in [-0.39, 0.29) is 33.7 Å². The van der Waals surface area contributed by atoms with E-state index in [4.69, 9.17) is 21.3 Å². The first-order valence-electron chi connectivity index (χ1n) is 15.4. The quantitative estimate of drug-likeness (QED) is 0.0705. The first-order chi connectivity index (χ1) is 25.0. The zero-order valence-corrected chi connectivity index (χ0v) is 28.3. The monoisotopic (exact) mass is 742 g/mol. The maximum Gasteiger partial charge on any atom is 0.469 e. The molecule has 0 spiro atoms. The van der Waals surface area contributed by atoms with Gasteiger partial charge in [0.15, 0.2) is 28.9 Å². The third kappa shape index (κ3) is 8.60. The summed E-state index contributed by atoms with van der Waals surface area (Å²) in [4.78, 5) is 58.4. The van der Waals surface area contributed by atoms with Crippen molar-refractivity contribution in [2.75, 3.05) is 11.9 Å². The molecule has 1 aliphatic rings. The van der Waals surface area contributed by atoms with Gasteiger partial charge in [-0.15, -0.1) is 0 Å². The number of halogens is 3. The van der Waals surface area contributed by atoms with Gasteiger partial charge in [-0.1, -0.05) is 84.4 Å². The Labute approximate surface area is 300 Å². The lowest BCUT2D eigenvalue weighted by molar-refractivity contribution is -0.120. The van der Waals surface area contributed by atoms with Crippen LogP contribution in [0.2, 0.25) is 5.02 Å². The lowest BCUT2D eigenvalue weighted by atomic mass is 9.88. The van der Waals surface area contributed by atoms with Gasteiger partial charge in [0, 0.05) is 41.4 Å². The molecule has 1 atom stereocenters. The van der Waals surface area contributed by atoms with Gasteiger partial charge in [0.25, 0.3) is 5.91 Å². The van der Waals surface area contributed by atoms with E-state index in [9.17, 15) is 28.3 Å². The van der Waals surface area contributed by atoms with Crippen LogP contribution in [0.15, 0.2) is 137 Å². The van der Waals surface area contributed by atoms with Crippen LogP contribution >= 0.6 is 19.4 Å². The molecule has 1 aromatic heterocycles. The van der Waals surface area contributed by atoms with Crippen molar-refractivity contribution < 1.29 is 42.0 Å². The summed E-state index contributed by atoms with van der Waals surface area (Å²) in [6, 6.07) is 28.6. The number of amides is 1. The predicted molar refractivity (Wildman–Crippen MR) is 190 cm³/mol. The number of aliphatic imine (C=N–C) groups is 2. The van der Waals surface area contributed by atoms with Crippen LogP contribution in [0, 0.1) is 11.6 Å². The molecule has 0 saturated carbocycles. The van der Waals surface area contributed by atoms with Crippen molar-refractivity contribution >= 4 is 54.5 Å². The van der Waals surface area contributed by atoms with E-state index in [0.29, 0.717) is 11.3 Å². The number of ketones is 1. The highest BCUT2D eigenvalue weighted by Gasteiger charge is 2.34. The molecular formula is C37H26ClF2N4O7P. The van der Waals surface area contributed by atoms with Gasteiger partial charge in [0.2, 0.25) is 0 Å². The fraction of sp³-hybridized carbons (Fsp3) is 0.0541. The first kappa shape index (κ1) is 36.1. The minimum Gasteiger partial charge on any atom is -0.453 e. The minimum atomic E-state index is -5.01. The average molecular weight is 743 g/mol. The predicted octanol–water partition coefficient (Wildman–Crippen LogP) is 7.71. The molecule has 2 heterocycles. The Balaban J connectivity index is 1.24. The third-order valence-electron chi connectivity index (χ3n) is 7.58. The summed E-state index contributed by atoms with van der Waals surface area (Å²) < 4.78 is 50.6. The van der Waals surface area contributed by atoms with Crippen LogP contribution in [-0.2, 0) is 18.7 Å². The fourth-order valence-corrected chi connectivity index (χ4v) is 5.62. The molecule has 4 aromatic carbocycles. The Kier molecular flexibility index (Phi) is 10.9. The molecular weight excluding hydrogens is 717 g/mol. The number of pyridine rings is 1. The molecule has 0 bridgehead atoms. The standard InChI is InChI=1S/C37H26ClF2N4O7P/c38-33-31(17-18-41-36(33)44-34(23-7-3-1-4-8-23)24-9-5-2-6-10-24)51-30-16-15-26(19-28(30)40)43-37(46)32-29(21-50-52(47,48)49)42-20-27(35(32)45)22-11-13-25(39)14-12-22/h1-20,27H,21H2,(H,43,46)(H2,47,48,49). The molecule has 15 heteroatoms. The lowest BCUT2D eigenvalue weighted by Crippen LogP contribution is -2.30. The largest absolute Gasteiger partial charge is 0.469 e. The van der Waals surface area contributed by atoms with E-state index in [1.807, 2.05) is 60.7 Å². The molecule has 0 aliphatic carbocycles. The molecule has 1 amide bonds. The zero-order valence-electron chi connectivity index (χ0n) is 26.7. The summed E-state index contributed by atoms with van der Waals surface area (Å²) in [5, 5.41) is 2.41. The molecule has 262 valence electrons. The maximum atomic E-state index is 15.4. The number of phosphoric acid groups is 1. The SMILES string of the molecule is O=C(Nc1ccc(Oc2ccnc(N=C(c3ccccc3)c3ccccc3)c2Cl)c(F)c1)C1=C(COP(=O)(O)O)N=CC(c2ccc(F)cc2)C1=O. The van der Waals surface area contributed by atoms with Crippen molar-refractivity contribution in [3.05, 3.63) is 160 Å². The molecule has 3 N–H and O–H groups in total. The maximum absolute atomic E-state index is 15.4. The molecule has 0 saturated heterocycles. The summed E-state index contributed by atoms with van der Waals surface area (Å²) >= 11 is 6.66. The molecule has 6 rings (SSSR count). The number of hydrogen-bond donors (Lipinski definition) is 3. The second-order valence-corrected chi connectivity index (χ2v) is 12.7. The third-order valence-corrected chi connectivity index (χ3v) is 8.40. The van der Waals surface area contributed by atoms with Crippen LogP contribution in [0.1, 0.15) is 22.6 Å². The second kappa shape index (κ2) is 15.7. The van der Waals surface area contributed by atoms with E-state index in [2.05, 4.69) is 19.8 Å². The molecule has 1 unspecified atom stereocenters. The van der Waals surface area contributed by atoms with Crippen molar-refractivity contribution in [1.82, 2.24) is 4.98 Å². The van der Waals surface area contributed by atoms with Crippen molar-refractivity contribution in [2.24, 2.45) is 9.98 Å². The molecule has 0 fully saturated rings. The van der Waals surface area contributed by atoms with Crippen LogP contribution in [0.3, 0.4) is 0 Å². The Morgan fingerprint density at radius 3 is 2.17 bits per heavy atom. The number of aromatic nitrogens is 1. The van der Waals surface area contributed by atoms with Gasteiger partial charge in [0.1, 0.15) is 23.0 Å². The van der Waals surface area contributed by atoms with Crippen LogP contribution in [-0.4, -0.2) is 45.0 Å². The van der Waals surface area contributed by atoms with Gasteiger partial charge in [-0.3, -0.25) is 19.1 Å². The number of anilines is 1. The number of hydrogen-bond acceptors (Lipinski definition) is 8. The van der Waals surface area contributed by atoms with E-state index >= 15 is 4.39 Å². The first-order valence-corrected chi connectivity index (χ1v) is 17.3. The number of Topliss-reactive ketones (excluding diaryl/α,β-unsaturated/α-hetero) is 1. The number of carbonyl (C=O) groups is 2. The number of nitrogens with zero attached hydrogens (tertiary/aromatic N) is 3. The van der Waals surface area contributed by atoms with E-state index in [0.717, 1.165) is 35.5 Å². The highest BCUT2D eigenvalue weighted by atomic mass is 35.5. The summed E-state index contributed by atoms with van der Waals surface area (Å²) in [6.07, 6.45) is 2.56. The number of ether oxygens (including phenoxy) is 1.